The normalized spacial score (nSPS) is 20.9. The van der Waals surface area contributed by atoms with Crippen molar-refractivity contribution in [3.8, 4) is 0 Å². The number of aromatic nitrogens is 3. The molecule has 1 N–H and O–H groups in total. The van der Waals surface area contributed by atoms with Crippen molar-refractivity contribution in [3.63, 3.8) is 0 Å². The van der Waals surface area contributed by atoms with E-state index in [1.807, 2.05) is 13.0 Å². The lowest BCUT2D eigenvalue weighted by Crippen LogP contribution is -2.45. The van der Waals surface area contributed by atoms with Crippen molar-refractivity contribution in [3.05, 3.63) is 28.9 Å². The third kappa shape index (κ3) is 3.88. The number of morpholine rings is 1. The highest BCUT2D eigenvalue weighted by atomic mass is 32.1. The summed E-state index contributed by atoms with van der Waals surface area (Å²) in [4.78, 5) is 18.9. The molecule has 0 aromatic carbocycles. The van der Waals surface area contributed by atoms with Crippen LogP contribution in [0.2, 0.25) is 0 Å². The molecule has 0 bridgehead atoms. The minimum Gasteiger partial charge on any atom is -0.372 e. The van der Waals surface area contributed by atoms with Gasteiger partial charge in [0.1, 0.15) is 10.8 Å². The zero-order valence-corrected chi connectivity index (χ0v) is 14.8. The van der Waals surface area contributed by atoms with Crippen molar-refractivity contribution in [1.82, 2.24) is 15.2 Å². The maximum absolute atomic E-state index is 12.3. The van der Waals surface area contributed by atoms with Crippen molar-refractivity contribution in [2.45, 2.75) is 39.4 Å². The van der Waals surface area contributed by atoms with Gasteiger partial charge in [0.15, 0.2) is 0 Å². The molecule has 1 aliphatic rings. The van der Waals surface area contributed by atoms with Crippen molar-refractivity contribution in [2.24, 2.45) is 0 Å². The molecule has 3 heterocycles. The summed E-state index contributed by atoms with van der Waals surface area (Å²) in [5, 5.41) is 12.1. The average Bonchev–Trinajstić information content (AvgIpc) is 3.01. The molecule has 0 saturated carbocycles. The predicted molar refractivity (Wildman–Crippen MR) is 93.7 cm³/mol. The van der Waals surface area contributed by atoms with Gasteiger partial charge in [-0.3, -0.25) is 10.1 Å². The first-order valence-corrected chi connectivity index (χ1v) is 8.87. The highest BCUT2D eigenvalue weighted by Gasteiger charge is 2.23. The number of hydrogen-bond acceptors (Lipinski definition) is 7. The SMILES string of the molecule is CCc1nnc(NC(=O)c2ccc(N3C[C@H](C)O[C@@H](C)C3)nc2)s1. The van der Waals surface area contributed by atoms with Gasteiger partial charge in [-0.1, -0.05) is 18.3 Å². The summed E-state index contributed by atoms with van der Waals surface area (Å²) in [6.45, 7) is 7.71. The molecular formula is C16H21N5O2S. The van der Waals surface area contributed by atoms with E-state index in [2.05, 4.69) is 39.2 Å². The number of hydrogen-bond donors (Lipinski definition) is 1. The maximum Gasteiger partial charge on any atom is 0.259 e. The second-order valence-electron chi connectivity index (χ2n) is 5.88. The van der Waals surface area contributed by atoms with Crippen LogP contribution in [-0.2, 0) is 11.2 Å². The van der Waals surface area contributed by atoms with Gasteiger partial charge in [-0.05, 0) is 32.4 Å². The molecule has 0 radical (unpaired) electrons. The lowest BCUT2D eigenvalue weighted by Gasteiger charge is -2.36. The second-order valence-corrected chi connectivity index (χ2v) is 6.94. The molecule has 0 unspecified atom stereocenters. The zero-order valence-electron chi connectivity index (χ0n) is 14.0. The number of nitrogens with zero attached hydrogens (tertiary/aromatic N) is 4. The van der Waals surface area contributed by atoms with Gasteiger partial charge >= 0.3 is 0 Å². The fraction of sp³-hybridized carbons (Fsp3) is 0.500. The first-order valence-electron chi connectivity index (χ1n) is 8.05. The third-order valence-electron chi connectivity index (χ3n) is 3.74. The molecule has 24 heavy (non-hydrogen) atoms. The topological polar surface area (TPSA) is 80.2 Å². The van der Waals surface area contributed by atoms with Crippen LogP contribution in [-0.4, -0.2) is 46.4 Å². The van der Waals surface area contributed by atoms with Crippen LogP contribution in [0, 0.1) is 0 Å². The molecule has 3 rings (SSSR count). The van der Waals surface area contributed by atoms with Crippen LogP contribution in [0.15, 0.2) is 18.3 Å². The summed E-state index contributed by atoms with van der Waals surface area (Å²) < 4.78 is 5.73. The largest absolute Gasteiger partial charge is 0.372 e. The summed E-state index contributed by atoms with van der Waals surface area (Å²) in [6, 6.07) is 3.65. The quantitative estimate of drug-likeness (QED) is 0.914. The molecule has 2 aromatic heterocycles. The van der Waals surface area contributed by atoms with Crippen LogP contribution in [0.3, 0.4) is 0 Å². The Morgan fingerprint density at radius 1 is 1.33 bits per heavy atom. The van der Waals surface area contributed by atoms with Gasteiger partial charge in [0.25, 0.3) is 5.91 Å². The Labute approximate surface area is 145 Å². The van der Waals surface area contributed by atoms with Crippen LogP contribution < -0.4 is 10.2 Å². The summed E-state index contributed by atoms with van der Waals surface area (Å²) >= 11 is 1.39. The highest BCUT2D eigenvalue weighted by Crippen LogP contribution is 2.20. The maximum atomic E-state index is 12.3. The van der Waals surface area contributed by atoms with Crippen molar-refractivity contribution in [2.75, 3.05) is 23.3 Å². The fourth-order valence-corrected chi connectivity index (χ4v) is 3.36. The average molecular weight is 347 g/mol. The molecular weight excluding hydrogens is 326 g/mol. The molecule has 0 aliphatic carbocycles. The standard InChI is InChI=1S/C16H21N5O2S/c1-4-14-19-20-16(24-14)18-15(22)12-5-6-13(17-7-12)21-8-10(2)23-11(3)9-21/h5-7,10-11H,4,8-9H2,1-3H3,(H,18,20,22)/t10-,11-/m0/s1. The van der Waals surface area contributed by atoms with Gasteiger partial charge in [0.05, 0.1) is 17.8 Å². The molecule has 1 amide bonds. The van der Waals surface area contributed by atoms with Crippen molar-refractivity contribution < 1.29 is 9.53 Å². The number of aryl methyl sites for hydroxylation is 1. The van der Waals surface area contributed by atoms with E-state index in [-0.39, 0.29) is 18.1 Å². The Bertz CT molecular complexity index is 693. The third-order valence-corrected chi connectivity index (χ3v) is 4.73. The first kappa shape index (κ1) is 16.8. The van der Waals surface area contributed by atoms with Crippen LogP contribution >= 0.6 is 11.3 Å². The minimum absolute atomic E-state index is 0.170. The molecule has 128 valence electrons. The van der Waals surface area contributed by atoms with Gasteiger partial charge < -0.3 is 9.64 Å². The summed E-state index contributed by atoms with van der Waals surface area (Å²) in [7, 11) is 0. The summed E-state index contributed by atoms with van der Waals surface area (Å²) in [5.74, 6) is 0.634. The Morgan fingerprint density at radius 3 is 2.67 bits per heavy atom. The van der Waals surface area contributed by atoms with E-state index in [4.69, 9.17) is 4.74 Å². The molecule has 7 nitrogen and oxygen atoms in total. The molecule has 2 atom stereocenters. The van der Waals surface area contributed by atoms with Gasteiger partial charge in [-0.15, -0.1) is 10.2 Å². The smallest absolute Gasteiger partial charge is 0.259 e. The highest BCUT2D eigenvalue weighted by molar-refractivity contribution is 7.15. The van der Waals surface area contributed by atoms with Crippen LogP contribution in [0.4, 0.5) is 10.9 Å². The molecule has 0 spiro atoms. The van der Waals surface area contributed by atoms with E-state index < -0.39 is 0 Å². The molecule has 1 fully saturated rings. The van der Waals surface area contributed by atoms with E-state index in [1.54, 1.807) is 12.3 Å². The molecule has 8 heteroatoms. The summed E-state index contributed by atoms with van der Waals surface area (Å²) in [6.07, 6.45) is 2.74. The van der Waals surface area contributed by atoms with Crippen molar-refractivity contribution in [1.29, 1.82) is 0 Å². The van der Waals surface area contributed by atoms with E-state index in [0.717, 1.165) is 30.3 Å². The lowest BCUT2D eigenvalue weighted by molar-refractivity contribution is -0.00546. The minimum atomic E-state index is -0.225. The van der Waals surface area contributed by atoms with Gasteiger partial charge in [0, 0.05) is 19.3 Å². The fourth-order valence-electron chi connectivity index (χ4n) is 2.69. The van der Waals surface area contributed by atoms with E-state index in [9.17, 15) is 4.79 Å². The van der Waals surface area contributed by atoms with E-state index >= 15 is 0 Å². The molecule has 2 aromatic rings. The van der Waals surface area contributed by atoms with Gasteiger partial charge in [0.2, 0.25) is 5.13 Å². The number of rotatable bonds is 4. The van der Waals surface area contributed by atoms with Gasteiger partial charge in [-0.2, -0.15) is 0 Å². The van der Waals surface area contributed by atoms with Crippen LogP contribution in [0.25, 0.3) is 0 Å². The Hall–Kier alpha value is -2.06. The number of anilines is 2. The van der Waals surface area contributed by atoms with E-state index in [1.165, 1.54) is 11.3 Å². The molecule has 1 saturated heterocycles. The van der Waals surface area contributed by atoms with Crippen LogP contribution in [0.1, 0.15) is 36.1 Å². The first-order chi connectivity index (χ1) is 11.5. The zero-order chi connectivity index (χ0) is 17.1. The number of carbonyl (C=O) groups excluding carboxylic acids is 1. The number of carbonyl (C=O) groups is 1. The monoisotopic (exact) mass is 347 g/mol. The summed E-state index contributed by atoms with van der Waals surface area (Å²) in [5.41, 5.74) is 0.501. The number of ether oxygens (including phenoxy) is 1. The van der Waals surface area contributed by atoms with Gasteiger partial charge in [-0.25, -0.2) is 4.98 Å². The van der Waals surface area contributed by atoms with Crippen LogP contribution in [0.5, 0.6) is 0 Å². The van der Waals surface area contributed by atoms with Crippen molar-refractivity contribution >= 4 is 28.2 Å². The number of pyridine rings is 1. The lowest BCUT2D eigenvalue weighted by atomic mass is 10.2. The molecule has 1 aliphatic heterocycles. The number of amides is 1. The predicted octanol–water partition coefficient (Wildman–Crippen LogP) is 2.36. The Morgan fingerprint density at radius 2 is 2.08 bits per heavy atom. The second kappa shape index (κ2) is 7.23. The number of nitrogens with one attached hydrogen (secondary N) is 1. The Kier molecular flexibility index (Phi) is 5.06. The Balaban J connectivity index is 1.66. The van der Waals surface area contributed by atoms with E-state index in [0.29, 0.717) is 10.7 Å².